The standard InChI is InChI=1S/C24H32O4/c1-23(20-8-5-9-21(20)26)15-24(16-25)11-10-19(12-18(24)13-22(23)27)28-14-17-6-3-2-4-7-17/h2-4,6-7,16,18-20,22,27H,5,8-15H2,1H3/t18-,19+,20-,22-,23-,24-/m1/s1. The Morgan fingerprint density at radius 3 is 2.68 bits per heavy atom. The van der Waals surface area contributed by atoms with Crippen molar-refractivity contribution in [3.05, 3.63) is 35.9 Å². The Morgan fingerprint density at radius 2 is 2.00 bits per heavy atom. The highest BCUT2D eigenvalue weighted by Crippen LogP contribution is 2.59. The Bertz CT molecular complexity index is 717. The minimum atomic E-state index is -0.523. The van der Waals surface area contributed by atoms with Crippen molar-refractivity contribution >= 4 is 12.1 Å². The molecule has 152 valence electrons. The first kappa shape index (κ1) is 19.8. The number of fused-ring (bicyclic) bond motifs is 1. The number of rotatable bonds is 5. The molecule has 0 unspecified atom stereocenters. The lowest BCUT2D eigenvalue weighted by Crippen LogP contribution is -2.56. The van der Waals surface area contributed by atoms with Crippen LogP contribution in [0.5, 0.6) is 0 Å². The van der Waals surface area contributed by atoms with E-state index >= 15 is 0 Å². The van der Waals surface area contributed by atoms with E-state index in [2.05, 4.69) is 12.1 Å². The monoisotopic (exact) mass is 384 g/mol. The fourth-order valence-electron chi connectivity index (χ4n) is 6.24. The topological polar surface area (TPSA) is 63.6 Å². The molecule has 0 amide bonds. The summed E-state index contributed by atoms with van der Waals surface area (Å²) in [6.45, 7) is 2.63. The SMILES string of the molecule is C[C@]1([C@@H]2CCCC2=O)C[C@@]2(C=O)CC[C@H](OCc3ccccc3)C[C@@H]2C[C@H]1O. The lowest BCUT2D eigenvalue weighted by Gasteiger charge is -2.55. The van der Waals surface area contributed by atoms with Gasteiger partial charge in [-0.05, 0) is 56.4 Å². The molecule has 4 rings (SSSR count). The van der Waals surface area contributed by atoms with E-state index in [-0.39, 0.29) is 23.7 Å². The summed E-state index contributed by atoms with van der Waals surface area (Å²) in [4.78, 5) is 24.7. The van der Waals surface area contributed by atoms with Crippen molar-refractivity contribution in [2.24, 2.45) is 22.7 Å². The third kappa shape index (κ3) is 3.46. The summed E-state index contributed by atoms with van der Waals surface area (Å²) < 4.78 is 6.16. The maximum absolute atomic E-state index is 12.4. The van der Waals surface area contributed by atoms with Crippen LogP contribution in [0.15, 0.2) is 30.3 Å². The molecule has 1 aromatic rings. The van der Waals surface area contributed by atoms with E-state index in [9.17, 15) is 14.7 Å². The molecule has 0 aromatic heterocycles. The van der Waals surface area contributed by atoms with E-state index < -0.39 is 16.9 Å². The molecule has 0 heterocycles. The van der Waals surface area contributed by atoms with Gasteiger partial charge in [0, 0.05) is 23.2 Å². The number of aliphatic hydroxyl groups excluding tert-OH is 1. The highest BCUT2D eigenvalue weighted by Gasteiger charge is 2.58. The molecule has 3 aliphatic carbocycles. The van der Waals surface area contributed by atoms with Gasteiger partial charge in [-0.2, -0.15) is 0 Å². The second-order valence-corrected chi connectivity index (χ2v) is 9.59. The summed E-state index contributed by atoms with van der Waals surface area (Å²) in [6, 6.07) is 10.2. The summed E-state index contributed by atoms with van der Waals surface area (Å²) in [5.74, 6) is 0.326. The summed E-state index contributed by atoms with van der Waals surface area (Å²) >= 11 is 0. The van der Waals surface area contributed by atoms with Gasteiger partial charge in [0.25, 0.3) is 0 Å². The Labute approximate surface area is 167 Å². The van der Waals surface area contributed by atoms with Gasteiger partial charge in [-0.15, -0.1) is 0 Å². The maximum atomic E-state index is 12.4. The number of Topliss-reactive ketones (excluding diaryl/α,β-unsaturated/α-hetero) is 1. The second kappa shape index (κ2) is 7.72. The molecule has 4 nitrogen and oxygen atoms in total. The van der Waals surface area contributed by atoms with Crippen LogP contribution in [0.1, 0.15) is 63.9 Å². The summed E-state index contributed by atoms with van der Waals surface area (Å²) in [6.07, 6.45) is 6.87. The summed E-state index contributed by atoms with van der Waals surface area (Å²) in [5.41, 5.74) is 0.275. The fraction of sp³-hybridized carbons (Fsp3) is 0.667. The van der Waals surface area contributed by atoms with E-state index in [0.29, 0.717) is 25.9 Å². The Morgan fingerprint density at radius 1 is 1.21 bits per heavy atom. The highest BCUT2D eigenvalue weighted by atomic mass is 16.5. The van der Waals surface area contributed by atoms with Crippen LogP contribution < -0.4 is 0 Å². The molecule has 4 heteroatoms. The molecule has 0 saturated heterocycles. The Hall–Kier alpha value is -1.52. The van der Waals surface area contributed by atoms with E-state index in [4.69, 9.17) is 4.74 Å². The van der Waals surface area contributed by atoms with Crippen molar-refractivity contribution in [3.63, 3.8) is 0 Å². The second-order valence-electron chi connectivity index (χ2n) is 9.59. The Kier molecular flexibility index (Phi) is 5.45. The molecular weight excluding hydrogens is 352 g/mol. The fourth-order valence-corrected chi connectivity index (χ4v) is 6.24. The molecule has 3 fully saturated rings. The van der Waals surface area contributed by atoms with Gasteiger partial charge in [-0.25, -0.2) is 0 Å². The normalized spacial score (nSPS) is 40.9. The highest BCUT2D eigenvalue weighted by molar-refractivity contribution is 5.84. The molecule has 28 heavy (non-hydrogen) atoms. The van der Waals surface area contributed by atoms with Crippen molar-refractivity contribution in [3.8, 4) is 0 Å². The molecule has 0 bridgehead atoms. The molecule has 1 N–H and O–H groups in total. The van der Waals surface area contributed by atoms with Crippen LogP contribution in [-0.2, 0) is 20.9 Å². The molecule has 0 aliphatic heterocycles. The van der Waals surface area contributed by atoms with Crippen LogP contribution >= 0.6 is 0 Å². The molecule has 6 atom stereocenters. The minimum absolute atomic E-state index is 0.0904. The smallest absolute Gasteiger partial charge is 0.136 e. The summed E-state index contributed by atoms with van der Waals surface area (Å²) in [5, 5.41) is 11.0. The van der Waals surface area contributed by atoms with Gasteiger partial charge >= 0.3 is 0 Å². The number of carbonyl (C=O) groups is 2. The van der Waals surface area contributed by atoms with Gasteiger partial charge in [0.1, 0.15) is 12.1 Å². The van der Waals surface area contributed by atoms with Crippen LogP contribution in [-0.4, -0.2) is 29.4 Å². The van der Waals surface area contributed by atoms with Gasteiger partial charge in [0.05, 0.1) is 18.8 Å². The van der Waals surface area contributed by atoms with Gasteiger partial charge in [0.2, 0.25) is 0 Å². The van der Waals surface area contributed by atoms with Crippen LogP contribution in [0.25, 0.3) is 0 Å². The quantitative estimate of drug-likeness (QED) is 0.777. The Balaban J connectivity index is 1.46. The molecule has 1 aromatic carbocycles. The molecular formula is C24H32O4. The number of carbonyl (C=O) groups excluding carboxylic acids is 2. The average Bonchev–Trinajstić information content (AvgIpc) is 3.15. The van der Waals surface area contributed by atoms with Crippen LogP contribution in [0.4, 0.5) is 0 Å². The number of hydrogen-bond donors (Lipinski definition) is 1. The van der Waals surface area contributed by atoms with Crippen molar-refractivity contribution in [1.29, 1.82) is 0 Å². The van der Waals surface area contributed by atoms with Crippen molar-refractivity contribution in [2.75, 3.05) is 0 Å². The van der Waals surface area contributed by atoms with E-state index in [0.717, 1.165) is 44.0 Å². The van der Waals surface area contributed by atoms with Gasteiger partial charge in [-0.1, -0.05) is 37.3 Å². The molecule has 3 aliphatic rings. The van der Waals surface area contributed by atoms with Gasteiger partial charge in [0.15, 0.2) is 0 Å². The van der Waals surface area contributed by atoms with Crippen molar-refractivity contribution in [2.45, 2.75) is 77.1 Å². The number of benzene rings is 1. The molecule has 0 radical (unpaired) electrons. The lowest BCUT2D eigenvalue weighted by atomic mass is 9.49. The minimum Gasteiger partial charge on any atom is -0.393 e. The number of aliphatic hydroxyl groups is 1. The molecule has 3 saturated carbocycles. The number of ether oxygens (including phenoxy) is 1. The van der Waals surface area contributed by atoms with Crippen molar-refractivity contribution < 1.29 is 19.4 Å². The predicted molar refractivity (Wildman–Crippen MR) is 107 cm³/mol. The zero-order chi connectivity index (χ0) is 19.8. The third-order valence-corrected chi connectivity index (χ3v) is 7.94. The van der Waals surface area contributed by atoms with Gasteiger partial charge in [-0.3, -0.25) is 4.79 Å². The maximum Gasteiger partial charge on any atom is 0.136 e. The first-order valence-electron chi connectivity index (χ1n) is 10.8. The number of hydrogen-bond acceptors (Lipinski definition) is 4. The average molecular weight is 385 g/mol. The first-order valence-corrected chi connectivity index (χ1v) is 10.8. The predicted octanol–water partition coefficient (Wildman–Crippen LogP) is 4.09. The van der Waals surface area contributed by atoms with E-state index in [1.165, 1.54) is 0 Å². The first-order chi connectivity index (χ1) is 13.5. The largest absolute Gasteiger partial charge is 0.393 e. The summed E-state index contributed by atoms with van der Waals surface area (Å²) in [7, 11) is 0. The van der Waals surface area contributed by atoms with Crippen molar-refractivity contribution in [1.82, 2.24) is 0 Å². The van der Waals surface area contributed by atoms with Crippen LogP contribution in [0.2, 0.25) is 0 Å². The number of aldehydes is 1. The van der Waals surface area contributed by atoms with E-state index in [1.54, 1.807) is 0 Å². The zero-order valence-electron chi connectivity index (χ0n) is 16.8. The number of ketones is 1. The van der Waals surface area contributed by atoms with E-state index in [1.807, 2.05) is 25.1 Å². The van der Waals surface area contributed by atoms with Crippen LogP contribution in [0, 0.1) is 22.7 Å². The van der Waals surface area contributed by atoms with Gasteiger partial charge < -0.3 is 14.6 Å². The lowest BCUT2D eigenvalue weighted by molar-refractivity contribution is -0.163. The third-order valence-electron chi connectivity index (χ3n) is 7.94. The zero-order valence-corrected chi connectivity index (χ0v) is 16.8. The molecule has 0 spiro atoms. The van der Waals surface area contributed by atoms with Crippen LogP contribution in [0.3, 0.4) is 0 Å².